The maximum absolute atomic E-state index is 11.3. The molecule has 0 unspecified atom stereocenters. The Morgan fingerprint density at radius 3 is 2.55 bits per heavy atom. The minimum Gasteiger partial charge on any atom is -0.490 e. The first-order chi connectivity index (χ1) is 9.57. The van der Waals surface area contributed by atoms with E-state index in [0.29, 0.717) is 24.3 Å². The third-order valence-corrected chi connectivity index (χ3v) is 3.74. The van der Waals surface area contributed by atoms with E-state index in [1.54, 1.807) is 0 Å². The zero-order valence-electron chi connectivity index (χ0n) is 10.9. The second kappa shape index (κ2) is 4.86. The zero-order chi connectivity index (χ0) is 14.2. The highest BCUT2D eigenvalue weighted by atomic mass is 16.7. The summed E-state index contributed by atoms with van der Waals surface area (Å²) >= 11 is 0. The third kappa shape index (κ3) is 2.38. The zero-order valence-corrected chi connectivity index (χ0v) is 10.9. The number of carboxylic acids is 1. The summed E-state index contributed by atoms with van der Waals surface area (Å²) in [4.78, 5) is 11.3. The number of fused-ring (bicyclic) bond motifs is 1. The molecule has 1 aliphatic heterocycles. The van der Waals surface area contributed by atoms with E-state index >= 15 is 0 Å². The van der Waals surface area contributed by atoms with Crippen LogP contribution in [0, 0.1) is 0 Å². The molecule has 0 bridgehead atoms. The van der Waals surface area contributed by atoms with Crippen LogP contribution in [0.2, 0.25) is 0 Å². The van der Waals surface area contributed by atoms with Crippen LogP contribution < -0.4 is 14.2 Å². The van der Waals surface area contributed by atoms with Crippen LogP contribution in [0.25, 0.3) is 0 Å². The number of carboxylic acid groups (broad SMARTS) is 1. The molecule has 3 rings (SSSR count). The molecule has 0 spiro atoms. The Labute approximate surface area is 115 Å². The van der Waals surface area contributed by atoms with Crippen molar-refractivity contribution in [2.24, 2.45) is 0 Å². The van der Waals surface area contributed by atoms with Crippen LogP contribution in [0.4, 0.5) is 0 Å². The van der Waals surface area contributed by atoms with Crippen LogP contribution in [-0.2, 0) is 0 Å². The molecule has 1 aromatic rings. The van der Waals surface area contributed by atoms with E-state index in [9.17, 15) is 15.0 Å². The van der Waals surface area contributed by atoms with Crippen molar-refractivity contribution in [3.05, 3.63) is 17.7 Å². The van der Waals surface area contributed by atoms with Gasteiger partial charge in [0.1, 0.15) is 17.9 Å². The standard InChI is InChI=1S/C14H16O6/c15-13(16)9-5-11-12(20-8-19-11)6-10(9)18-7-14(17)3-1-2-4-14/h5-6,17H,1-4,7-8H2,(H,15,16). The second-order valence-corrected chi connectivity index (χ2v) is 5.23. The van der Waals surface area contributed by atoms with Gasteiger partial charge in [-0.25, -0.2) is 4.79 Å². The average Bonchev–Trinajstić information content (AvgIpc) is 3.04. The van der Waals surface area contributed by atoms with Crippen molar-refractivity contribution in [2.75, 3.05) is 13.4 Å². The number of rotatable bonds is 4. The molecule has 0 radical (unpaired) electrons. The Morgan fingerprint density at radius 1 is 1.25 bits per heavy atom. The molecule has 1 saturated carbocycles. The van der Waals surface area contributed by atoms with E-state index in [-0.39, 0.29) is 24.7 Å². The van der Waals surface area contributed by atoms with E-state index in [2.05, 4.69) is 0 Å². The van der Waals surface area contributed by atoms with Gasteiger partial charge in [0.15, 0.2) is 11.5 Å². The van der Waals surface area contributed by atoms with Crippen LogP contribution in [0.15, 0.2) is 12.1 Å². The largest absolute Gasteiger partial charge is 0.490 e. The minimum atomic E-state index is -1.10. The van der Waals surface area contributed by atoms with Crippen LogP contribution in [0.3, 0.4) is 0 Å². The van der Waals surface area contributed by atoms with Crippen molar-refractivity contribution >= 4 is 5.97 Å². The molecule has 2 aliphatic rings. The molecule has 1 aliphatic carbocycles. The Kier molecular flexibility index (Phi) is 3.17. The van der Waals surface area contributed by atoms with Gasteiger partial charge in [-0.2, -0.15) is 0 Å². The van der Waals surface area contributed by atoms with Gasteiger partial charge in [-0.1, -0.05) is 12.8 Å². The molecular weight excluding hydrogens is 264 g/mol. The summed E-state index contributed by atoms with van der Waals surface area (Å²) < 4.78 is 15.9. The van der Waals surface area contributed by atoms with Gasteiger partial charge in [0.25, 0.3) is 0 Å². The topological polar surface area (TPSA) is 85.2 Å². The number of hydrogen-bond donors (Lipinski definition) is 2. The Morgan fingerprint density at radius 2 is 1.90 bits per heavy atom. The van der Waals surface area contributed by atoms with E-state index in [1.165, 1.54) is 12.1 Å². The SMILES string of the molecule is O=C(O)c1cc2c(cc1OCC1(O)CCCC1)OCO2. The molecule has 1 aromatic carbocycles. The molecule has 1 heterocycles. The van der Waals surface area contributed by atoms with Crippen molar-refractivity contribution in [3.63, 3.8) is 0 Å². The lowest BCUT2D eigenvalue weighted by Gasteiger charge is -2.22. The van der Waals surface area contributed by atoms with Gasteiger partial charge < -0.3 is 24.4 Å². The average molecular weight is 280 g/mol. The third-order valence-electron chi connectivity index (χ3n) is 3.74. The predicted octanol–water partition coefficient (Wildman–Crippen LogP) is 1.80. The number of ether oxygens (including phenoxy) is 3. The van der Waals surface area contributed by atoms with E-state index in [4.69, 9.17) is 14.2 Å². The monoisotopic (exact) mass is 280 g/mol. The van der Waals surface area contributed by atoms with Crippen molar-refractivity contribution in [1.29, 1.82) is 0 Å². The van der Waals surface area contributed by atoms with E-state index in [1.807, 2.05) is 0 Å². The van der Waals surface area contributed by atoms with Crippen molar-refractivity contribution in [3.8, 4) is 17.2 Å². The first-order valence-corrected chi connectivity index (χ1v) is 6.60. The summed E-state index contributed by atoms with van der Waals surface area (Å²) in [7, 11) is 0. The lowest BCUT2D eigenvalue weighted by molar-refractivity contribution is 0.000854. The first kappa shape index (κ1) is 13.1. The highest BCUT2D eigenvalue weighted by Gasteiger charge is 2.32. The summed E-state index contributed by atoms with van der Waals surface area (Å²) in [5, 5.41) is 19.5. The van der Waals surface area contributed by atoms with Crippen molar-refractivity contribution < 1.29 is 29.2 Å². The fourth-order valence-corrected chi connectivity index (χ4v) is 2.60. The Hall–Kier alpha value is -1.95. The van der Waals surface area contributed by atoms with Gasteiger partial charge in [0.05, 0.1) is 5.60 Å². The minimum absolute atomic E-state index is 0.0100. The Bertz CT molecular complexity index is 533. The number of benzene rings is 1. The second-order valence-electron chi connectivity index (χ2n) is 5.23. The summed E-state index contributed by atoms with van der Waals surface area (Å²) in [6.07, 6.45) is 3.29. The van der Waals surface area contributed by atoms with Crippen LogP contribution in [0.5, 0.6) is 17.2 Å². The first-order valence-electron chi connectivity index (χ1n) is 6.60. The van der Waals surface area contributed by atoms with Gasteiger partial charge in [-0.3, -0.25) is 0 Å². The lowest BCUT2D eigenvalue weighted by Crippen LogP contribution is -2.32. The van der Waals surface area contributed by atoms with Gasteiger partial charge >= 0.3 is 5.97 Å². The fourth-order valence-electron chi connectivity index (χ4n) is 2.60. The molecule has 6 nitrogen and oxygen atoms in total. The summed E-state index contributed by atoms with van der Waals surface area (Å²) in [5.74, 6) is -0.0449. The molecule has 1 fully saturated rings. The molecular formula is C14H16O6. The smallest absolute Gasteiger partial charge is 0.339 e. The number of aromatic carboxylic acids is 1. The molecule has 0 saturated heterocycles. The van der Waals surface area contributed by atoms with Crippen LogP contribution >= 0.6 is 0 Å². The number of hydrogen-bond acceptors (Lipinski definition) is 5. The normalized spacial score (nSPS) is 19.1. The van der Waals surface area contributed by atoms with E-state index < -0.39 is 11.6 Å². The molecule has 0 amide bonds. The molecule has 0 aromatic heterocycles. The maximum Gasteiger partial charge on any atom is 0.339 e. The highest BCUT2D eigenvalue weighted by molar-refractivity contribution is 5.92. The predicted molar refractivity (Wildman–Crippen MR) is 68.4 cm³/mol. The molecule has 108 valence electrons. The number of carbonyl (C=O) groups is 1. The van der Waals surface area contributed by atoms with Crippen LogP contribution in [-0.4, -0.2) is 35.2 Å². The summed E-state index contributed by atoms with van der Waals surface area (Å²) in [6.45, 7) is 0.161. The summed E-state index contributed by atoms with van der Waals surface area (Å²) in [6, 6.07) is 2.89. The highest BCUT2D eigenvalue weighted by Crippen LogP contribution is 2.39. The maximum atomic E-state index is 11.3. The lowest BCUT2D eigenvalue weighted by atomic mass is 10.0. The molecule has 20 heavy (non-hydrogen) atoms. The molecule has 6 heteroatoms. The van der Waals surface area contributed by atoms with Crippen molar-refractivity contribution in [2.45, 2.75) is 31.3 Å². The quantitative estimate of drug-likeness (QED) is 0.874. The summed E-state index contributed by atoms with van der Waals surface area (Å²) in [5.41, 5.74) is -0.845. The van der Waals surface area contributed by atoms with Gasteiger partial charge in [-0.15, -0.1) is 0 Å². The van der Waals surface area contributed by atoms with Crippen LogP contribution in [0.1, 0.15) is 36.0 Å². The fraction of sp³-hybridized carbons (Fsp3) is 0.500. The number of aliphatic hydroxyl groups is 1. The van der Waals surface area contributed by atoms with Gasteiger partial charge in [0, 0.05) is 12.1 Å². The van der Waals surface area contributed by atoms with E-state index in [0.717, 1.165) is 12.8 Å². The van der Waals surface area contributed by atoms with Crippen molar-refractivity contribution in [1.82, 2.24) is 0 Å². The molecule has 0 atom stereocenters. The molecule has 2 N–H and O–H groups in total. The Balaban J connectivity index is 1.82. The van der Waals surface area contributed by atoms with Gasteiger partial charge in [-0.05, 0) is 12.8 Å². The van der Waals surface area contributed by atoms with Gasteiger partial charge in [0.2, 0.25) is 6.79 Å².